The van der Waals surface area contributed by atoms with Crippen molar-refractivity contribution >= 4 is 23.7 Å². The van der Waals surface area contributed by atoms with Crippen LogP contribution in [0.4, 0.5) is 0 Å². The largest absolute Gasteiger partial charge is 0.508 e. The summed E-state index contributed by atoms with van der Waals surface area (Å²) in [6.07, 6.45) is 2.80. The van der Waals surface area contributed by atoms with Crippen molar-refractivity contribution in [3.05, 3.63) is 29.8 Å². The first-order chi connectivity index (χ1) is 18.0. The summed E-state index contributed by atoms with van der Waals surface area (Å²) in [6, 6.07) is 2.01. The molecule has 1 aromatic rings. The maximum absolute atomic E-state index is 13.3. The van der Waals surface area contributed by atoms with Gasteiger partial charge in [-0.05, 0) is 75.2 Å². The highest BCUT2D eigenvalue weighted by Crippen LogP contribution is 2.13. The first-order valence-corrected chi connectivity index (χ1v) is 13.1. The molecule has 11 N–H and O–H groups in total. The van der Waals surface area contributed by atoms with E-state index in [0.717, 1.165) is 0 Å². The number of carboxylic acids is 1. The Labute approximate surface area is 224 Å². The minimum absolute atomic E-state index is 0.0297. The summed E-state index contributed by atoms with van der Waals surface area (Å²) in [5, 5.41) is 27.0. The Morgan fingerprint density at radius 3 is 1.74 bits per heavy atom. The number of carboxylic acid groups (broad SMARTS) is 1. The van der Waals surface area contributed by atoms with Gasteiger partial charge >= 0.3 is 5.97 Å². The van der Waals surface area contributed by atoms with Crippen LogP contribution in [0.1, 0.15) is 57.9 Å². The zero-order valence-corrected chi connectivity index (χ0v) is 22.3. The Morgan fingerprint density at radius 2 is 1.24 bits per heavy atom. The third-order valence-electron chi connectivity index (χ3n) is 6.17. The van der Waals surface area contributed by atoms with E-state index in [1.165, 1.54) is 12.1 Å². The van der Waals surface area contributed by atoms with Gasteiger partial charge in [-0.2, -0.15) is 0 Å². The Kier molecular flexibility index (Phi) is 15.0. The molecule has 0 bridgehead atoms. The average molecular weight is 537 g/mol. The second-order valence-electron chi connectivity index (χ2n) is 9.73. The molecule has 0 heterocycles. The molecule has 12 nitrogen and oxygen atoms in total. The van der Waals surface area contributed by atoms with E-state index in [0.29, 0.717) is 44.3 Å². The second kappa shape index (κ2) is 17.3. The number of phenols is 1. The molecule has 0 radical (unpaired) electrons. The Balaban J connectivity index is 3.14. The molecular formula is C26H44N6O6. The predicted octanol–water partition coefficient (Wildman–Crippen LogP) is -0.285. The number of carbonyl (C=O) groups is 4. The van der Waals surface area contributed by atoms with Crippen molar-refractivity contribution in [3.63, 3.8) is 0 Å². The fourth-order valence-electron chi connectivity index (χ4n) is 3.70. The molecule has 0 fully saturated rings. The quantitative estimate of drug-likeness (QED) is 0.115. The van der Waals surface area contributed by atoms with E-state index < -0.39 is 47.9 Å². The molecule has 4 unspecified atom stereocenters. The highest BCUT2D eigenvalue weighted by molar-refractivity contribution is 5.94. The van der Waals surface area contributed by atoms with Crippen LogP contribution in [0, 0.1) is 5.92 Å². The van der Waals surface area contributed by atoms with Gasteiger partial charge in [0.15, 0.2) is 0 Å². The number of phenolic OH excluding ortho intramolecular Hbond substituents is 1. The van der Waals surface area contributed by atoms with Gasteiger partial charge in [0.1, 0.15) is 23.9 Å². The summed E-state index contributed by atoms with van der Waals surface area (Å²) in [5.74, 6) is -3.08. The molecule has 0 aliphatic carbocycles. The van der Waals surface area contributed by atoms with Crippen molar-refractivity contribution in [2.75, 3.05) is 13.1 Å². The number of amides is 3. The third-order valence-corrected chi connectivity index (χ3v) is 6.17. The van der Waals surface area contributed by atoms with E-state index in [-0.39, 0.29) is 30.9 Å². The maximum atomic E-state index is 13.3. The van der Waals surface area contributed by atoms with Gasteiger partial charge in [-0.3, -0.25) is 14.4 Å². The van der Waals surface area contributed by atoms with Gasteiger partial charge in [-0.15, -0.1) is 0 Å². The van der Waals surface area contributed by atoms with Gasteiger partial charge in [0.25, 0.3) is 0 Å². The number of rotatable bonds is 18. The van der Waals surface area contributed by atoms with E-state index in [1.54, 1.807) is 26.0 Å². The minimum atomic E-state index is -1.19. The first-order valence-electron chi connectivity index (χ1n) is 13.1. The fourth-order valence-corrected chi connectivity index (χ4v) is 3.70. The fraction of sp³-hybridized carbons (Fsp3) is 0.615. The zero-order valence-electron chi connectivity index (χ0n) is 22.3. The number of hydrogen-bond acceptors (Lipinski definition) is 8. The van der Waals surface area contributed by atoms with Gasteiger partial charge in [0, 0.05) is 6.42 Å². The maximum Gasteiger partial charge on any atom is 0.326 e. The zero-order chi connectivity index (χ0) is 28.7. The van der Waals surface area contributed by atoms with E-state index in [9.17, 15) is 29.4 Å². The van der Waals surface area contributed by atoms with Crippen molar-refractivity contribution in [2.45, 2.75) is 83.0 Å². The Bertz CT molecular complexity index is 895. The summed E-state index contributed by atoms with van der Waals surface area (Å²) < 4.78 is 0. The van der Waals surface area contributed by atoms with Crippen LogP contribution in [-0.2, 0) is 25.6 Å². The van der Waals surface area contributed by atoms with Gasteiger partial charge in [-0.1, -0.05) is 26.0 Å². The van der Waals surface area contributed by atoms with E-state index in [1.807, 2.05) is 0 Å². The molecule has 0 aromatic heterocycles. The lowest BCUT2D eigenvalue weighted by atomic mass is 10.0. The molecular weight excluding hydrogens is 492 g/mol. The van der Waals surface area contributed by atoms with E-state index in [4.69, 9.17) is 17.2 Å². The number of unbranched alkanes of at least 4 members (excludes halogenated alkanes) is 2. The molecule has 4 atom stereocenters. The number of aliphatic carboxylic acids is 1. The highest BCUT2D eigenvalue weighted by atomic mass is 16.4. The Hall–Kier alpha value is -3.22. The summed E-state index contributed by atoms with van der Waals surface area (Å²) in [5.41, 5.74) is 17.6. The van der Waals surface area contributed by atoms with Crippen molar-refractivity contribution in [3.8, 4) is 5.75 Å². The number of carbonyl (C=O) groups excluding carboxylic acids is 3. The van der Waals surface area contributed by atoms with Crippen LogP contribution in [0.3, 0.4) is 0 Å². The van der Waals surface area contributed by atoms with Gasteiger partial charge in [0.2, 0.25) is 17.7 Å². The van der Waals surface area contributed by atoms with Crippen molar-refractivity contribution < 1.29 is 29.4 Å². The monoisotopic (exact) mass is 536 g/mol. The van der Waals surface area contributed by atoms with Crippen LogP contribution in [0.2, 0.25) is 0 Å². The van der Waals surface area contributed by atoms with Crippen molar-refractivity contribution in [2.24, 2.45) is 23.1 Å². The van der Waals surface area contributed by atoms with Crippen molar-refractivity contribution in [1.29, 1.82) is 0 Å². The topological polar surface area (TPSA) is 223 Å². The lowest BCUT2D eigenvalue weighted by Gasteiger charge is -2.26. The Morgan fingerprint density at radius 1 is 0.763 bits per heavy atom. The lowest BCUT2D eigenvalue weighted by molar-refractivity contribution is -0.142. The molecule has 214 valence electrons. The van der Waals surface area contributed by atoms with Crippen LogP contribution >= 0.6 is 0 Å². The summed E-state index contributed by atoms with van der Waals surface area (Å²) in [7, 11) is 0. The standard InChI is InChI=1S/C26H44N6O6/c1-16(2)22(29)25(36)30-19(7-3-5-13-27)23(34)32-21(15-17-9-11-18(33)12-10-17)24(35)31-20(26(37)38)8-4-6-14-28/h9-12,16,19-22,33H,3-8,13-15,27-29H2,1-2H3,(H,30,36)(H,31,35)(H,32,34)(H,37,38). The summed E-state index contributed by atoms with van der Waals surface area (Å²) in [4.78, 5) is 50.9. The number of aromatic hydroxyl groups is 1. The van der Waals surface area contributed by atoms with Crippen LogP contribution < -0.4 is 33.2 Å². The molecule has 0 aliphatic heterocycles. The van der Waals surface area contributed by atoms with E-state index >= 15 is 0 Å². The molecule has 1 aromatic carbocycles. The van der Waals surface area contributed by atoms with Gasteiger partial charge in [-0.25, -0.2) is 4.79 Å². The van der Waals surface area contributed by atoms with Gasteiger partial charge < -0.3 is 43.4 Å². The van der Waals surface area contributed by atoms with Crippen LogP contribution in [0.5, 0.6) is 5.75 Å². The van der Waals surface area contributed by atoms with Gasteiger partial charge in [0.05, 0.1) is 6.04 Å². The summed E-state index contributed by atoms with van der Waals surface area (Å²) in [6.45, 7) is 4.40. The number of nitrogens with one attached hydrogen (secondary N) is 3. The van der Waals surface area contributed by atoms with Crippen LogP contribution in [0.15, 0.2) is 24.3 Å². The van der Waals surface area contributed by atoms with Crippen LogP contribution in [-0.4, -0.2) is 71.2 Å². The second-order valence-corrected chi connectivity index (χ2v) is 9.73. The lowest BCUT2D eigenvalue weighted by Crippen LogP contribution is -2.58. The normalized spacial score (nSPS) is 14.3. The number of hydrogen-bond donors (Lipinski definition) is 8. The average Bonchev–Trinajstić information content (AvgIpc) is 2.87. The SMILES string of the molecule is CC(C)C(N)C(=O)NC(CCCCN)C(=O)NC(Cc1ccc(O)cc1)C(=O)NC(CCCCN)C(=O)O. The first kappa shape index (κ1) is 32.8. The summed E-state index contributed by atoms with van der Waals surface area (Å²) >= 11 is 0. The molecule has 1 rings (SSSR count). The third kappa shape index (κ3) is 11.9. The number of benzene rings is 1. The van der Waals surface area contributed by atoms with Crippen molar-refractivity contribution in [1.82, 2.24) is 16.0 Å². The molecule has 0 saturated heterocycles. The minimum Gasteiger partial charge on any atom is -0.508 e. The predicted molar refractivity (Wildman–Crippen MR) is 144 cm³/mol. The molecule has 3 amide bonds. The molecule has 12 heteroatoms. The highest BCUT2D eigenvalue weighted by Gasteiger charge is 2.30. The molecule has 0 saturated carbocycles. The molecule has 38 heavy (non-hydrogen) atoms. The van der Waals surface area contributed by atoms with E-state index in [2.05, 4.69) is 16.0 Å². The molecule has 0 spiro atoms. The van der Waals surface area contributed by atoms with Crippen LogP contribution in [0.25, 0.3) is 0 Å². The molecule has 0 aliphatic rings. The smallest absolute Gasteiger partial charge is 0.326 e. The number of nitrogens with two attached hydrogens (primary N) is 3.